The normalized spacial score (nSPS) is 15.5. The maximum absolute atomic E-state index is 9.69. The summed E-state index contributed by atoms with van der Waals surface area (Å²) in [5, 5.41) is 16.0. The molecular formula is C11H20N2OS. The van der Waals surface area contributed by atoms with Gasteiger partial charge in [0.05, 0.1) is 12.1 Å². The summed E-state index contributed by atoms with van der Waals surface area (Å²) < 4.78 is 0. The lowest BCUT2D eigenvalue weighted by atomic mass is 10.1. The molecule has 0 radical (unpaired) electrons. The van der Waals surface area contributed by atoms with Crippen molar-refractivity contribution in [2.24, 2.45) is 5.92 Å². The van der Waals surface area contributed by atoms with E-state index < -0.39 is 0 Å². The zero-order valence-corrected chi connectivity index (χ0v) is 10.4. The van der Waals surface area contributed by atoms with Crippen LogP contribution in [0.15, 0.2) is 11.6 Å². The van der Waals surface area contributed by atoms with Crippen LogP contribution in [0.2, 0.25) is 0 Å². The first-order valence-corrected chi connectivity index (χ1v) is 6.28. The third kappa shape index (κ3) is 4.73. The zero-order chi connectivity index (χ0) is 11.3. The molecule has 0 spiro atoms. The molecule has 2 atom stereocenters. The van der Waals surface area contributed by atoms with Crippen LogP contribution >= 0.6 is 11.3 Å². The first-order chi connectivity index (χ1) is 7.09. The number of rotatable bonds is 6. The third-order valence-electron chi connectivity index (χ3n) is 2.22. The molecule has 0 saturated carbocycles. The minimum absolute atomic E-state index is 0.229. The standard InChI is InChI=1S/C11H20N2OS/c1-8(2)6-10(14)7-13-9(3)11-12-4-5-15-11/h4-5,8-10,13-14H,6-7H2,1-3H3. The smallest absolute Gasteiger partial charge is 0.109 e. The van der Waals surface area contributed by atoms with Crippen molar-refractivity contribution < 1.29 is 5.11 Å². The monoisotopic (exact) mass is 228 g/mol. The van der Waals surface area contributed by atoms with Crippen molar-refractivity contribution in [2.45, 2.75) is 39.3 Å². The first-order valence-electron chi connectivity index (χ1n) is 5.40. The Kier molecular flexibility index (Phi) is 5.22. The summed E-state index contributed by atoms with van der Waals surface area (Å²) in [6.07, 6.45) is 2.40. The van der Waals surface area contributed by atoms with Gasteiger partial charge in [-0.3, -0.25) is 0 Å². The Hall–Kier alpha value is -0.450. The third-order valence-corrected chi connectivity index (χ3v) is 3.18. The zero-order valence-electron chi connectivity index (χ0n) is 9.60. The minimum Gasteiger partial charge on any atom is -0.392 e. The van der Waals surface area contributed by atoms with E-state index in [2.05, 4.69) is 31.1 Å². The summed E-state index contributed by atoms with van der Waals surface area (Å²) in [6, 6.07) is 0.229. The molecule has 15 heavy (non-hydrogen) atoms. The summed E-state index contributed by atoms with van der Waals surface area (Å²) in [4.78, 5) is 4.23. The fraction of sp³-hybridized carbons (Fsp3) is 0.727. The lowest BCUT2D eigenvalue weighted by Gasteiger charge is -2.16. The van der Waals surface area contributed by atoms with E-state index in [1.165, 1.54) is 0 Å². The van der Waals surface area contributed by atoms with Crippen molar-refractivity contribution in [1.82, 2.24) is 10.3 Å². The molecule has 86 valence electrons. The molecule has 0 aliphatic heterocycles. The average molecular weight is 228 g/mol. The fourth-order valence-corrected chi connectivity index (χ4v) is 2.15. The van der Waals surface area contributed by atoms with Crippen LogP contribution < -0.4 is 5.32 Å². The Morgan fingerprint density at radius 2 is 2.20 bits per heavy atom. The molecule has 1 aromatic heterocycles. The number of hydrogen-bond acceptors (Lipinski definition) is 4. The van der Waals surface area contributed by atoms with Crippen molar-refractivity contribution in [3.05, 3.63) is 16.6 Å². The van der Waals surface area contributed by atoms with Crippen LogP contribution in [0.25, 0.3) is 0 Å². The Morgan fingerprint density at radius 3 is 2.73 bits per heavy atom. The van der Waals surface area contributed by atoms with Crippen LogP contribution in [0, 0.1) is 5.92 Å². The van der Waals surface area contributed by atoms with Gasteiger partial charge in [0.1, 0.15) is 5.01 Å². The molecule has 0 bridgehead atoms. The summed E-state index contributed by atoms with van der Waals surface area (Å²) in [5.41, 5.74) is 0. The maximum atomic E-state index is 9.69. The van der Waals surface area contributed by atoms with Gasteiger partial charge in [-0.1, -0.05) is 13.8 Å². The number of hydrogen-bond donors (Lipinski definition) is 2. The van der Waals surface area contributed by atoms with Gasteiger partial charge >= 0.3 is 0 Å². The highest BCUT2D eigenvalue weighted by molar-refractivity contribution is 7.09. The van der Waals surface area contributed by atoms with Crippen LogP contribution in [0.3, 0.4) is 0 Å². The second-order valence-electron chi connectivity index (χ2n) is 4.28. The van der Waals surface area contributed by atoms with Crippen molar-refractivity contribution >= 4 is 11.3 Å². The van der Waals surface area contributed by atoms with E-state index in [-0.39, 0.29) is 12.1 Å². The van der Waals surface area contributed by atoms with E-state index in [4.69, 9.17) is 0 Å². The second-order valence-corrected chi connectivity index (χ2v) is 5.21. The molecule has 0 aliphatic rings. The Bertz CT molecular complexity index is 262. The number of nitrogens with zero attached hydrogens (tertiary/aromatic N) is 1. The summed E-state index contributed by atoms with van der Waals surface area (Å²) in [5.74, 6) is 0.539. The largest absolute Gasteiger partial charge is 0.392 e. The van der Waals surface area contributed by atoms with Crippen molar-refractivity contribution in [3.63, 3.8) is 0 Å². The SMILES string of the molecule is CC(C)CC(O)CNC(C)c1nccs1. The van der Waals surface area contributed by atoms with E-state index in [0.717, 1.165) is 11.4 Å². The number of thiazole rings is 1. The summed E-state index contributed by atoms with van der Waals surface area (Å²) in [7, 11) is 0. The van der Waals surface area contributed by atoms with Crippen molar-refractivity contribution in [3.8, 4) is 0 Å². The first kappa shape index (κ1) is 12.6. The Morgan fingerprint density at radius 1 is 1.47 bits per heavy atom. The van der Waals surface area contributed by atoms with Crippen LogP contribution in [-0.4, -0.2) is 22.7 Å². The molecule has 1 aromatic rings. The highest BCUT2D eigenvalue weighted by Gasteiger charge is 2.11. The predicted molar refractivity (Wildman–Crippen MR) is 64.0 cm³/mol. The van der Waals surface area contributed by atoms with E-state index >= 15 is 0 Å². The molecule has 1 heterocycles. The molecule has 4 heteroatoms. The van der Waals surface area contributed by atoms with Gasteiger partial charge < -0.3 is 10.4 Å². The molecule has 3 nitrogen and oxygen atoms in total. The molecule has 0 fully saturated rings. The van der Waals surface area contributed by atoms with Crippen LogP contribution in [0.1, 0.15) is 38.2 Å². The van der Waals surface area contributed by atoms with Crippen molar-refractivity contribution in [2.75, 3.05) is 6.54 Å². The van der Waals surface area contributed by atoms with Gasteiger partial charge in [0, 0.05) is 18.1 Å². The Balaban J connectivity index is 2.25. The molecule has 0 aliphatic carbocycles. The molecule has 2 unspecified atom stereocenters. The van der Waals surface area contributed by atoms with Gasteiger partial charge in [0.25, 0.3) is 0 Å². The van der Waals surface area contributed by atoms with Gasteiger partial charge in [-0.05, 0) is 19.3 Å². The van der Waals surface area contributed by atoms with Gasteiger partial charge in [-0.2, -0.15) is 0 Å². The topological polar surface area (TPSA) is 45.1 Å². The van der Waals surface area contributed by atoms with E-state index in [1.54, 1.807) is 11.3 Å². The maximum Gasteiger partial charge on any atom is 0.109 e. The van der Waals surface area contributed by atoms with Crippen molar-refractivity contribution in [1.29, 1.82) is 0 Å². The summed E-state index contributed by atoms with van der Waals surface area (Å²) in [6.45, 7) is 6.95. The lowest BCUT2D eigenvalue weighted by Crippen LogP contribution is -2.29. The van der Waals surface area contributed by atoms with E-state index in [9.17, 15) is 5.11 Å². The van der Waals surface area contributed by atoms with E-state index in [1.807, 2.05) is 11.6 Å². The number of aromatic nitrogens is 1. The quantitative estimate of drug-likeness (QED) is 0.784. The second kappa shape index (κ2) is 6.20. The van der Waals surface area contributed by atoms with Gasteiger partial charge in [-0.25, -0.2) is 4.98 Å². The lowest BCUT2D eigenvalue weighted by molar-refractivity contribution is 0.143. The number of aliphatic hydroxyl groups excluding tert-OH is 1. The molecule has 2 N–H and O–H groups in total. The fourth-order valence-electron chi connectivity index (χ4n) is 1.48. The molecule has 0 aromatic carbocycles. The van der Waals surface area contributed by atoms with E-state index in [0.29, 0.717) is 12.5 Å². The minimum atomic E-state index is -0.257. The van der Waals surface area contributed by atoms with Crippen LogP contribution in [-0.2, 0) is 0 Å². The Labute approximate surface area is 95.6 Å². The average Bonchev–Trinajstić information content (AvgIpc) is 2.65. The number of nitrogens with one attached hydrogen (secondary N) is 1. The molecular weight excluding hydrogens is 208 g/mol. The van der Waals surface area contributed by atoms with Crippen LogP contribution in [0.5, 0.6) is 0 Å². The predicted octanol–water partition coefficient (Wildman–Crippen LogP) is 2.20. The highest BCUT2D eigenvalue weighted by atomic mass is 32.1. The highest BCUT2D eigenvalue weighted by Crippen LogP contribution is 2.14. The van der Waals surface area contributed by atoms with Gasteiger partial charge in [0.2, 0.25) is 0 Å². The van der Waals surface area contributed by atoms with Crippen LogP contribution in [0.4, 0.5) is 0 Å². The van der Waals surface area contributed by atoms with Gasteiger partial charge in [0.15, 0.2) is 0 Å². The summed E-state index contributed by atoms with van der Waals surface area (Å²) >= 11 is 1.64. The molecule has 1 rings (SSSR count). The number of aliphatic hydroxyl groups is 1. The van der Waals surface area contributed by atoms with Gasteiger partial charge in [-0.15, -0.1) is 11.3 Å². The molecule has 0 saturated heterocycles. The molecule has 0 amide bonds.